The predicted molar refractivity (Wildman–Crippen MR) is 100 cm³/mol. The third-order valence-electron chi connectivity index (χ3n) is 4.66. The average molecular weight is 374 g/mol. The normalized spacial score (nSPS) is 18.3. The van der Waals surface area contributed by atoms with Crippen LogP contribution in [-0.2, 0) is 4.74 Å². The molecule has 0 aromatic carbocycles. The Balaban J connectivity index is 1.41. The molecule has 8 nitrogen and oxygen atoms in total. The number of anilines is 2. The highest BCUT2D eigenvalue weighted by atomic mass is 32.1. The van der Waals surface area contributed by atoms with E-state index in [9.17, 15) is 4.79 Å². The van der Waals surface area contributed by atoms with E-state index in [2.05, 4.69) is 24.8 Å². The number of ether oxygens (including phenoxy) is 1. The van der Waals surface area contributed by atoms with E-state index in [1.165, 1.54) is 11.3 Å². The fraction of sp³-hybridized carbons (Fsp3) is 0.529. The van der Waals surface area contributed by atoms with Gasteiger partial charge in [-0.1, -0.05) is 11.3 Å². The summed E-state index contributed by atoms with van der Waals surface area (Å²) in [7, 11) is 0. The fourth-order valence-corrected chi connectivity index (χ4v) is 4.26. The van der Waals surface area contributed by atoms with Gasteiger partial charge in [0.2, 0.25) is 5.95 Å². The van der Waals surface area contributed by atoms with E-state index in [4.69, 9.17) is 4.74 Å². The molecule has 0 unspecified atom stereocenters. The topological polar surface area (TPSA) is 74.7 Å². The lowest BCUT2D eigenvalue weighted by molar-refractivity contribution is 0.0750. The summed E-state index contributed by atoms with van der Waals surface area (Å²) in [4.78, 5) is 33.1. The molecule has 2 saturated heterocycles. The van der Waals surface area contributed by atoms with Crippen molar-refractivity contribution in [3.63, 3.8) is 0 Å². The van der Waals surface area contributed by atoms with Crippen molar-refractivity contribution in [2.24, 2.45) is 0 Å². The largest absolute Gasteiger partial charge is 0.378 e. The molecule has 2 aliphatic heterocycles. The van der Waals surface area contributed by atoms with Crippen LogP contribution in [0.5, 0.6) is 0 Å². The maximum Gasteiger partial charge on any atom is 0.266 e. The SMILES string of the molecule is Cc1nc(N2CCOCC2)sc1C(=O)N1CCN(c2ncccn2)CC1. The van der Waals surface area contributed by atoms with Crippen LogP contribution >= 0.6 is 11.3 Å². The second kappa shape index (κ2) is 7.55. The Morgan fingerprint density at radius 2 is 1.73 bits per heavy atom. The number of piperazine rings is 1. The van der Waals surface area contributed by atoms with Gasteiger partial charge < -0.3 is 19.4 Å². The quantitative estimate of drug-likeness (QED) is 0.795. The number of hydrogen-bond donors (Lipinski definition) is 0. The minimum Gasteiger partial charge on any atom is -0.378 e. The van der Waals surface area contributed by atoms with Crippen LogP contribution in [0.2, 0.25) is 0 Å². The molecule has 0 aliphatic carbocycles. The Morgan fingerprint density at radius 1 is 1.04 bits per heavy atom. The Labute approximate surface area is 156 Å². The van der Waals surface area contributed by atoms with Gasteiger partial charge in [0.1, 0.15) is 4.88 Å². The number of carbonyl (C=O) groups is 1. The van der Waals surface area contributed by atoms with Gasteiger partial charge in [-0.3, -0.25) is 4.79 Å². The lowest BCUT2D eigenvalue weighted by Gasteiger charge is -2.34. The van der Waals surface area contributed by atoms with Crippen molar-refractivity contribution < 1.29 is 9.53 Å². The highest BCUT2D eigenvalue weighted by Gasteiger charge is 2.27. The molecule has 2 aromatic heterocycles. The zero-order chi connectivity index (χ0) is 17.9. The molecule has 2 aromatic rings. The van der Waals surface area contributed by atoms with Gasteiger partial charge in [0, 0.05) is 51.7 Å². The van der Waals surface area contributed by atoms with Crippen LogP contribution < -0.4 is 9.80 Å². The molecule has 0 spiro atoms. The summed E-state index contributed by atoms with van der Waals surface area (Å²) in [6.45, 7) is 7.82. The number of hydrogen-bond acceptors (Lipinski definition) is 8. The number of nitrogens with zero attached hydrogens (tertiary/aromatic N) is 6. The van der Waals surface area contributed by atoms with E-state index in [1.807, 2.05) is 17.9 Å². The van der Waals surface area contributed by atoms with Gasteiger partial charge in [-0.15, -0.1) is 0 Å². The van der Waals surface area contributed by atoms with Gasteiger partial charge in [0.15, 0.2) is 5.13 Å². The molecule has 0 radical (unpaired) electrons. The second-order valence-corrected chi connectivity index (χ2v) is 7.32. The lowest BCUT2D eigenvalue weighted by Crippen LogP contribution is -2.49. The lowest BCUT2D eigenvalue weighted by atomic mass is 10.3. The van der Waals surface area contributed by atoms with Crippen molar-refractivity contribution in [3.05, 3.63) is 29.0 Å². The van der Waals surface area contributed by atoms with Crippen LogP contribution in [0, 0.1) is 6.92 Å². The van der Waals surface area contributed by atoms with Crippen molar-refractivity contribution in [1.82, 2.24) is 19.9 Å². The zero-order valence-corrected chi connectivity index (χ0v) is 15.6. The van der Waals surface area contributed by atoms with Crippen LogP contribution in [-0.4, -0.2) is 78.2 Å². The van der Waals surface area contributed by atoms with Crippen molar-refractivity contribution in [1.29, 1.82) is 0 Å². The van der Waals surface area contributed by atoms with E-state index >= 15 is 0 Å². The molecule has 138 valence electrons. The molecule has 0 N–H and O–H groups in total. The number of amides is 1. The molecule has 2 aliphatic rings. The van der Waals surface area contributed by atoms with Gasteiger partial charge in [0.05, 0.1) is 18.9 Å². The van der Waals surface area contributed by atoms with Crippen molar-refractivity contribution >= 4 is 28.3 Å². The smallest absolute Gasteiger partial charge is 0.266 e. The highest BCUT2D eigenvalue weighted by molar-refractivity contribution is 7.17. The second-order valence-electron chi connectivity index (χ2n) is 6.34. The zero-order valence-electron chi connectivity index (χ0n) is 14.8. The van der Waals surface area contributed by atoms with Gasteiger partial charge in [-0.2, -0.15) is 0 Å². The first-order chi connectivity index (χ1) is 12.7. The Bertz CT molecular complexity index is 754. The minimum atomic E-state index is 0.0770. The van der Waals surface area contributed by atoms with Crippen LogP contribution in [0.4, 0.5) is 11.1 Å². The fourth-order valence-electron chi connectivity index (χ4n) is 3.18. The molecule has 26 heavy (non-hydrogen) atoms. The average Bonchev–Trinajstić information content (AvgIpc) is 3.10. The molecule has 0 atom stereocenters. The molecule has 4 rings (SSSR count). The number of morpholine rings is 1. The first-order valence-electron chi connectivity index (χ1n) is 8.84. The summed E-state index contributed by atoms with van der Waals surface area (Å²) >= 11 is 1.49. The first kappa shape index (κ1) is 17.2. The summed E-state index contributed by atoms with van der Waals surface area (Å²) in [5.74, 6) is 0.802. The summed E-state index contributed by atoms with van der Waals surface area (Å²) < 4.78 is 5.39. The number of aromatic nitrogens is 3. The van der Waals surface area contributed by atoms with Crippen LogP contribution in [0.1, 0.15) is 15.4 Å². The van der Waals surface area contributed by atoms with Crippen molar-refractivity contribution in [3.8, 4) is 0 Å². The van der Waals surface area contributed by atoms with Gasteiger partial charge >= 0.3 is 0 Å². The summed E-state index contributed by atoms with van der Waals surface area (Å²) in [5.41, 5.74) is 0.815. The molecule has 0 saturated carbocycles. The Hall–Kier alpha value is -2.26. The van der Waals surface area contributed by atoms with Crippen LogP contribution in [0.3, 0.4) is 0 Å². The number of carbonyl (C=O) groups excluding carboxylic acids is 1. The summed E-state index contributed by atoms with van der Waals surface area (Å²) in [6, 6.07) is 1.81. The van der Waals surface area contributed by atoms with E-state index < -0.39 is 0 Å². The molecule has 4 heterocycles. The predicted octanol–water partition coefficient (Wildman–Crippen LogP) is 1.04. The molecule has 1 amide bonds. The monoisotopic (exact) mass is 374 g/mol. The standard InChI is InChI=1S/C17H22N6O2S/c1-13-14(26-17(20-13)23-9-11-25-12-10-23)15(24)21-5-7-22(8-6-21)16-18-3-2-4-19-16/h2-4H,5-12H2,1H3. The summed E-state index contributed by atoms with van der Waals surface area (Å²) in [5, 5.41) is 0.922. The van der Waals surface area contributed by atoms with E-state index in [0.717, 1.165) is 47.8 Å². The number of rotatable bonds is 3. The maximum absolute atomic E-state index is 13.0. The van der Waals surface area contributed by atoms with Crippen molar-refractivity contribution in [2.45, 2.75) is 6.92 Å². The third-order valence-corrected chi connectivity index (χ3v) is 5.87. The Kier molecular flexibility index (Phi) is 4.98. The third kappa shape index (κ3) is 3.49. The molecular weight excluding hydrogens is 352 g/mol. The minimum absolute atomic E-state index is 0.0770. The van der Waals surface area contributed by atoms with Crippen LogP contribution in [0.15, 0.2) is 18.5 Å². The van der Waals surface area contributed by atoms with Crippen LogP contribution in [0.25, 0.3) is 0 Å². The number of aryl methyl sites for hydroxylation is 1. The Morgan fingerprint density at radius 3 is 2.42 bits per heavy atom. The maximum atomic E-state index is 13.0. The van der Waals surface area contributed by atoms with Gasteiger partial charge in [0.25, 0.3) is 5.91 Å². The van der Waals surface area contributed by atoms with Gasteiger partial charge in [-0.05, 0) is 13.0 Å². The summed E-state index contributed by atoms with van der Waals surface area (Å²) in [6.07, 6.45) is 3.49. The van der Waals surface area contributed by atoms with Crippen molar-refractivity contribution in [2.75, 3.05) is 62.3 Å². The molecular formula is C17H22N6O2S. The molecule has 9 heteroatoms. The van der Waals surface area contributed by atoms with E-state index in [-0.39, 0.29) is 5.91 Å². The first-order valence-corrected chi connectivity index (χ1v) is 9.65. The molecule has 2 fully saturated rings. The highest BCUT2D eigenvalue weighted by Crippen LogP contribution is 2.28. The number of thiazole rings is 1. The van der Waals surface area contributed by atoms with E-state index in [1.54, 1.807) is 12.4 Å². The molecule has 0 bridgehead atoms. The van der Waals surface area contributed by atoms with Gasteiger partial charge in [-0.25, -0.2) is 15.0 Å². The van der Waals surface area contributed by atoms with E-state index in [0.29, 0.717) is 26.3 Å².